The van der Waals surface area contributed by atoms with Crippen LogP contribution in [0.2, 0.25) is 0 Å². The smallest absolute Gasteiger partial charge is 0.387 e. The molecule has 0 saturated heterocycles. The first-order valence-electron chi connectivity index (χ1n) is 37.1. The predicted molar refractivity (Wildman–Crippen MR) is 391 cm³/mol. The molecule has 0 aliphatic carbocycles. The number of hydrogen-bond donors (Lipinski definition) is 3. The zero-order valence-electron chi connectivity index (χ0n) is 58.6. The van der Waals surface area contributed by atoms with Gasteiger partial charge in [-0.3, -0.25) is 13.8 Å². The van der Waals surface area contributed by atoms with Gasteiger partial charge in [-0.2, -0.15) is 0 Å². The highest BCUT2D eigenvalue weighted by Crippen LogP contribution is 2.43. The highest BCUT2D eigenvalue weighted by Gasteiger charge is 2.28. The largest absolute Gasteiger partial charge is 0.472 e. The van der Waals surface area contributed by atoms with Crippen LogP contribution in [-0.2, 0) is 18.4 Å². The molecule has 0 radical (unpaired) electrons. The van der Waals surface area contributed by atoms with Crippen molar-refractivity contribution in [1.82, 2.24) is 5.32 Å². The van der Waals surface area contributed by atoms with Crippen LogP contribution in [0.5, 0.6) is 0 Å². The highest BCUT2D eigenvalue weighted by molar-refractivity contribution is 7.47. The maximum absolute atomic E-state index is 13.1. The van der Waals surface area contributed by atoms with Crippen molar-refractivity contribution in [2.75, 3.05) is 40.9 Å². The molecular formula is C80H142N2O6P+. The van der Waals surface area contributed by atoms with Gasteiger partial charge in [0, 0.05) is 6.42 Å². The molecule has 0 aliphatic rings. The molecule has 0 bridgehead atoms. The fourth-order valence-corrected chi connectivity index (χ4v) is 11.2. The van der Waals surface area contributed by atoms with Crippen molar-refractivity contribution in [2.45, 2.75) is 328 Å². The van der Waals surface area contributed by atoms with E-state index in [4.69, 9.17) is 9.05 Å². The monoisotopic (exact) mass is 1260 g/mol. The number of likely N-dealkylation sites (N-methyl/N-ethyl adjacent to an activating group) is 1. The number of phosphoric acid groups is 1. The molecule has 89 heavy (non-hydrogen) atoms. The number of aliphatic hydroxyl groups excluding tert-OH is 1. The van der Waals surface area contributed by atoms with Crippen LogP contribution in [-0.4, -0.2) is 73.4 Å². The molecule has 3 unspecified atom stereocenters. The number of rotatable bonds is 67. The van der Waals surface area contributed by atoms with Crippen LogP contribution in [0.1, 0.15) is 316 Å². The minimum atomic E-state index is -4.37. The number of quaternary nitrogens is 1. The Morgan fingerprint density at radius 3 is 0.989 bits per heavy atom. The standard InChI is InChI=1S/C80H141N2O6P/c1-6-8-10-12-14-16-18-20-22-24-26-28-30-32-34-36-38-40-41-42-44-46-48-50-52-54-56-58-60-62-64-66-68-70-72-74-80(84)81-78(77-88-89(85,86)87-76-75-82(3,4)5)79(83)73-71-69-67-65-63-61-59-57-55-53-51-49-47-45-43-39-37-35-33-31-29-27-25-23-21-19-17-15-13-11-9-7-2/h8,10,14,16,20,22,26,28,32,34,38,40,42,44,48,50,54,56,60,62,71,73,78-79,83H,6-7,9,11-13,15,17-19,21,23-25,27,29-31,33,35-37,39,41,43,45-47,49,51-53,55,57-59,61,63-70,72,74-77H2,1-5H3,(H-,81,84,85,86)/p+1/b10-8-,16-14-,22-20-,28-26-,34-32-,40-38-,44-42-,50-48-,56-54-,62-60-,73-71+. The quantitative estimate of drug-likeness (QED) is 0.0243. The number of phosphoric ester groups is 1. The molecule has 9 heteroatoms. The Balaban J connectivity index is 4.16. The first-order valence-corrected chi connectivity index (χ1v) is 38.6. The summed E-state index contributed by atoms with van der Waals surface area (Å²) in [6, 6.07) is -0.873. The van der Waals surface area contributed by atoms with Crippen molar-refractivity contribution in [2.24, 2.45) is 0 Å². The Kier molecular flexibility index (Phi) is 66.4. The summed E-state index contributed by atoms with van der Waals surface area (Å²) in [5.41, 5.74) is 0. The first-order chi connectivity index (χ1) is 43.5. The van der Waals surface area contributed by atoms with E-state index in [9.17, 15) is 19.4 Å². The van der Waals surface area contributed by atoms with Gasteiger partial charge < -0.3 is 19.8 Å². The fraction of sp³-hybridized carbons (Fsp3) is 0.713. The summed E-state index contributed by atoms with van der Waals surface area (Å²) in [7, 11) is 1.54. The Morgan fingerprint density at radius 1 is 0.393 bits per heavy atom. The van der Waals surface area contributed by atoms with Crippen LogP contribution >= 0.6 is 7.82 Å². The predicted octanol–water partition coefficient (Wildman–Crippen LogP) is 24.2. The lowest BCUT2D eigenvalue weighted by Crippen LogP contribution is -2.45. The third kappa shape index (κ3) is 71.9. The maximum atomic E-state index is 13.1. The summed E-state index contributed by atoms with van der Waals surface area (Å²) in [6.45, 7) is 4.70. The molecule has 512 valence electrons. The summed E-state index contributed by atoms with van der Waals surface area (Å²) in [6.07, 6.45) is 105. The molecule has 0 aliphatic heterocycles. The Hall–Kier alpha value is -3.36. The molecule has 0 aromatic carbocycles. The third-order valence-electron chi connectivity index (χ3n) is 16.1. The lowest BCUT2D eigenvalue weighted by molar-refractivity contribution is -0.870. The van der Waals surface area contributed by atoms with Crippen molar-refractivity contribution in [3.05, 3.63) is 134 Å². The summed E-state index contributed by atoms with van der Waals surface area (Å²) in [5.74, 6) is -0.203. The van der Waals surface area contributed by atoms with Gasteiger partial charge in [-0.05, 0) is 96.3 Å². The minimum absolute atomic E-state index is 0.0495. The van der Waals surface area contributed by atoms with Crippen molar-refractivity contribution in [3.8, 4) is 0 Å². The number of nitrogens with one attached hydrogen (secondary N) is 1. The number of amides is 1. The molecule has 0 heterocycles. The summed E-state index contributed by atoms with van der Waals surface area (Å²) < 4.78 is 23.8. The van der Waals surface area contributed by atoms with E-state index in [1.54, 1.807) is 6.08 Å². The van der Waals surface area contributed by atoms with E-state index < -0.39 is 20.0 Å². The molecular weight excluding hydrogens is 1120 g/mol. The fourth-order valence-electron chi connectivity index (χ4n) is 10.4. The molecule has 0 rings (SSSR count). The number of hydrogen-bond acceptors (Lipinski definition) is 5. The molecule has 8 nitrogen and oxygen atoms in total. The lowest BCUT2D eigenvalue weighted by Gasteiger charge is -2.25. The van der Waals surface area contributed by atoms with E-state index in [0.29, 0.717) is 17.4 Å². The van der Waals surface area contributed by atoms with Crippen LogP contribution in [0.25, 0.3) is 0 Å². The summed E-state index contributed by atoms with van der Waals surface area (Å²) in [4.78, 5) is 23.4. The van der Waals surface area contributed by atoms with Crippen LogP contribution in [0, 0.1) is 0 Å². The molecule has 1 amide bonds. The van der Waals surface area contributed by atoms with E-state index in [0.717, 1.165) is 116 Å². The van der Waals surface area contributed by atoms with Gasteiger partial charge in [-0.15, -0.1) is 0 Å². The molecule has 0 fully saturated rings. The van der Waals surface area contributed by atoms with Gasteiger partial charge in [0.15, 0.2) is 0 Å². The normalized spacial score (nSPS) is 14.4. The van der Waals surface area contributed by atoms with Gasteiger partial charge in [-0.1, -0.05) is 347 Å². The van der Waals surface area contributed by atoms with E-state index in [2.05, 4.69) is 141 Å². The topological polar surface area (TPSA) is 105 Å². The highest BCUT2D eigenvalue weighted by atomic mass is 31.2. The van der Waals surface area contributed by atoms with Gasteiger partial charge in [0.05, 0.1) is 39.9 Å². The number of allylic oxidation sites excluding steroid dienone is 21. The van der Waals surface area contributed by atoms with Crippen LogP contribution in [0.15, 0.2) is 134 Å². The third-order valence-corrected chi connectivity index (χ3v) is 17.1. The Bertz CT molecular complexity index is 1920. The van der Waals surface area contributed by atoms with Crippen LogP contribution in [0.4, 0.5) is 0 Å². The number of carbonyl (C=O) groups is 1. The van der Waals surface area contributed by atoms with Crippen molar-refractivity contribution in [3.63, 3.8) is 0 Å². The molecule has 0 aromatic rings. The van der Waals surface area contributed by atoms with Gasteiger partial charge >= 0.3 is 7.82 Å². The van der Waals surface area contributed by atoms with Gasteiger partial charge in [0.25, 0.3) is 0 Å². The summed E-state index contributed by atoms with van der Waals surface area (Å²) >= 11 is 0. The Labute approximate surface area is 551 Å². The van der Waals surface area contributed by atoms with Crippen LogP contribution in [0.3, 0.4) is 0 Å². The molecule has 0 saturated carbocycles. The second kappa shape index (κ2) is 69.0. The average molecular weight is 1260 g/mol. The Morgan fingerprint density at radius 2 is 0.674 bits per heavy atom. The number of nitrogens with zero attached hydrogens (tertiary/aromatic N) is 1. The van der Waals surface area contributed by atoms with Gasteiger partial charge in [0.2, 0.25) is 5.91 Å². The zero-order chi connectivity index (χ0) is 64.8. The summed E-state index contributed by atoms with van der Waals surface area (Å²) in [5, 5.41) is 14.0. The van der Waals surface area contributed by atoms with Gasteiger partial charge in [0.1, 0.15) is 13.2 Å². The second-order valence-corrected chi connectivity index (χ2v) is 27.4. The first kappa shape index (κ1) is 85.6. The van der Waals surface area contributed by atoms with Crippen LogP contribution < -0.4 is 5.32 Å². The molecule has 0 spiro atoms. The maximum Gasteiger partial charge on any atom is 0.472 e. The second-order valence-electron chi connectivity index (χ2n) is 25.9. The van der Waals surface area contributed by atoms with Crippen molar-refractivity contribution < 1.29 is 32.9 Å². The average Bonchev–Trinajstić information content (AvgIpc) is 3.64. The number of unbranched alkanes of at least 4 members (excludes halogenated alkanes) is 34. The molecule has 3 atom stereocenters. The minimum Gasteiger partial charge on any atom is -0.387 e. The SMILES string of the molecule is CC/C=C\C/C=C\C/C=C\C/C=C\C/C=C\C/C=C\C/C=C\C/C=C\C/C=C\C/C=C\CCCCCCC(=O)NC(COP(=O)(O)OCC[N+](C)(C)C)C(O)/C=C/CCCCCCCCCCCCCCCCCCCCCCCCCCCCCCCC. The van der Waals surface area contributed by atoms with Gasteiger partial charge in [-0.25, -0.2) is 4.57 Å². The van der Waals surface area contributed by atoms with E-state index in [1.165, 1.54) is 180 Å². The van der Waals surface area contributed by atoms with E-state index >= 15 is 0 Å². The number of aliphatic hydroxyl groups is 1. The number of carbonyl (C=O) groups excluding carboxylic acids is 1. The lowest BCUT2D eigenvalue weighted by atomic mass is 10.0. The van der Waals surface area contributed by atoms with Crippen molar-refractivity contribution in [1.29, 1.82) is 0 Å². The zero-order valence-corrected chi connectivity index (χ0v) is 59.5. The molecule has 0 aromatic heterocycles. The van der Waals surface area contributed by atoms with E-state index in [-0.39, 0.29) is 19.1 Å². The van der Waals surface area contributed by atoms with Crippen molar-refractivity contribution >= 4 is 13.7 Å². The van der Waals surface area contributed by atoms with E-state index in [1.807, 2.05) is 27.2 Å². The molecule has 3 N–H and O–H groups in total.